The summed E-state index contributed by atoms with van der Waals surface area (Å²) >= 11 is 0. The van der Waals surface area contributed by atoms with Crippen LogP contribution in [0.15, 0.2) is 388 Å². The Morgan fingerprint density at radius 2 is 0.455 bits per heavy atom. The van der Waals surface area contributed by atoms with E-state index in [0.29, 0.717) is 0 Å². The van der Waals surface area contributed by atoms with Gasteiger partial charge in [-0.25, -0.2) is 0 Å². The zero-order chi connectivity index (χ0) is 66.2. The molecule has 470 valence electrons. The van der Waals surface area contributed by atoms with Crippen LogP contribution in [0.3, 0.4) is 0 Å². The second-order valence-electron chi connectivity index (χ2n) is 25.9. The van der Waals surface area contributed by atoms with Crippen molar-refractivity contribution in [3.8, 4) is 55.6 Å². The Balaban J connectivity index is 1.02. The highest BCUT2D eigenvalue weighted by molar-refractivity contribution is 6.26. The highest BCUT2D eigenvalue weighted by atomic mass is 15.2. The summed E-state index contributed by atoms with van der Waals surface area (Å²) in [4.78, 5) is 10.0. The molecule has 1 aliphatic carbocycles. The van der Waals surface area contributed by atoms with E-state index in [4.69, 9.17) is 0 Å². The summed E-state index contributed by atoms with van der Waals surface area (Å²) in [7, 11) is 0. The zero-order valence-electron chi connectivity index (χ0n) is 55.2. The maximum absolute atomic E-state index is 2.58. The standard InChI is InChI=1S/C95H70N4/c1-95(2)87-64-76(97(72-45-21-8-22-46-72)90-56-32-28-52-78(90)68-37-13-4-14-38-68)59-61-81(87)83-65-85-86(66-88(83)95)93(98(73-47-23-9-24-48-73)91-57-33-29-53-79(91)69-39-15-5-16-40-69)82-62-60-75(96(71-43-19-7-20-44-71)89-55-31-27-51-77(89)67-35-11-3-12-36-67)63-84(82)94(85)99(74-49-25-10-26-50-74)92-58-34-30-54-80(92)70-41-17-6-18-42-70/h3-66H,1-2H3. The average molecular weight is 1270 g/mol. The van der Waals surface area contributed by atoms with E-state index in [9.17, 15) is 0 Å². The fourth-order valence-corrected chi connectivity index (χ4v) is 15.2. The Hall–Kier alpha value is -12.8. The molecule has 1 aliphatic rings. The predicted molar refractivity (Wildman–Crippen MR) is 419 cm³/mol. The van der Waals surface area contributed by atoms with Gasteiger partial charge in [0.05, 0.1) is 34.1 Å². The lowest BCUT2D eigenvalue weighted by Crippen LogP contribution is -2.18. The van der Waals surface area contributed by atoms with E-state index < -0.39 is 5.41 Å². The van der Waals surface area contributed by atoms with Crippen molar-refractivity contribution in [3.05, 3.63) is 399 Å². The average Bonchev–Trinajstić information content (AvgIpc) is 1.57. The van der Waals surface area contributed by atoms with Crippen molar-refractivity contribution in [3.63, 3.8) is 0 Å². The number of fused-ring (bicyclic) bond motifs is 5. The van der Waals surface area contributed by atoms with E-state index in [1.165, 1.54) is 22.3 Å². The summed E-state index contributed by atoms with van der Waals surface area (Å²) in [6.45, 7) is 4.87. The number of rotatable bonds is 16. The summed E-state index contributed by atoms with van der Waals surface area (Å²) < 4.78 is 0. The molecule has 0 aromatic heterocycles. The van der Waals surface area contributed by atoms with Gasteiger partial charge in [-0.1, -0.05) is 293 Å². The molecule has 16 aromatic rings. The minimum absolute atomic E-state index is 0.479. The van der Waals surface area contributed by atoms with Crippen LogP contribution in [0.2, 0.25) is 0 Å². The van der Waals surface area contributed by atoms with Crippen LogP contribution in [-0.4, -0.2) is 0 Å². The van der Waals surface area contributed by atoms with Crippen LogP contribution in [0.1, 0.15) is 25.0 Å². The first-order valence-corrected chi connectivity index (χ1v) is 34.2. The molecular formula is C95H70N4. The summed E-state index contributed by atoms with van der Waals surface area (Å²) in [5.74, 6) is 0. The Kier molecular flexibility index (Phi) is 15.6. The van der Waals surface area contributed by atoms with Crippen molar-refractivity contribution in [2.24, 2.45) is 0 Å². The van der Waals surface area contributed by atoms with Gasteiger partial charge in [0.1, 0.15) is 0 Å². The number of para-hydroxylation sites is 8. The Bertz CT molecular complexity index is 5570. The van der Waals surface area contributed by atoms with Gasteiger partial charge in [-0.15, -0.1) is 0 Å². The zero-order valence-corrected chi connectivity index (χ0v) is 55.2. The molecule has 0 bridgehead atoms. The lowest BCUT2D eigenvalue weighted by Gasteiger charge is -2.35. The van der Waals surface area contributed by atoms with Gasteiger partial charge in [-0.3, -0.25) is 0 Å². The molecule has 0 fully saturated rings. The first kappa shape index (κ1) is 59.9. The monoisotopic (exact) mass is 1270 g/mol. The molecule has 16 aromatic carbocycles. The van der Waals surface area contributed by atoms with Crippen LogP contribution < -0.4 is 19.6 Å². The molecular weight excluding hydrogens is 1200 g/mol. The van der Waals surface area contributed by atoms with Crippen LogP contribution in [0.4, 0.5) is 68.2 Å². The number of nitrogens with zero attached hydrogens (tertiary/aromatic N) is 4. The van der Waals surface area contributed by atoms with Crippen molar-refractivity contribution in [2.45, 2.75) is 19.3 Å². The molecule has 0 aliphatic heterocycles. The second kappa shape index (κ2) is 25.8. The minimum atomic E-state index is -0.479. The molecule has 0 saturated carbocycles. The smallest absolute Gasteiger partial charge is 0.0621 e. The summed E-state index contributed by atoms with van der Waals surface area (Å²) in [5.41, 5.74) is 26.3. The molecule has 17 rings (SSSR count). The molecule has 4 nitrogen and oxygen atoms in total. The highest BCUT2D eigenvalue weighted by Gasteiger charge is 2.39. The lowest BCUT2D eigenvalue weighted by molar-refractivity contribution is 0.661. The van der Waals surface area contributed by atoms with Crippen LogP contribution >= 0.6 is 0 Å². The van der Waals surface area contributed by atoms with E-state index in [0.717, 1.165) is 134 Å². The first-order valence-electron chi connectivity index (χ1n) is 34.2. The third kappa shape index (κ3) is 10.9. The lowest BCUT2D eigenvalue weighted by atomic mass is 9.81. The Morgan fingerprint density at radius 3 is 0.838 bits per heavy atom. The van der Waals surface area contributed by atoms with Crippen molar-refractivity contribution in [1.29, 1.82) is 0 Å². The summed E-state index contributed by atoms with van der Waals surface area (Å²) in [5, 5.41) is 4.37. The van der Waals surface area contributed by atoms with E-state index in [2.05, 4.69) is 422 Å². The first-order chi connectivity index (χ1) is 48.9. The van der Waals surface area contributed by atoms with Crippen molar-refractivity contribution < 1.29 is 0 Å². The molecule has 0 saturated heterocycles. The fraction of sp³-hybridized carbons (Fsp3) is 0.0316. The van der Waals surface area contributed by atoms with Crippen LogP contribution in [0.25, 0.3) is 77.2 Å². The number of anilines is 12. The molecule has 99 heavy (non-hydrogen) atoms. The molecule has 0 amide bonds. The van der Waals surface area contributed by atoms with Gasteiger partial charge in [0.15, 0.2) is 0 Å². The largest absolute Gasteiger partial charge is 0.310 e. The normalized spacial score (nSPS) is 12.0. The molecule has 0 unspecified atom stereocenters. The third-order valence-corrected chi connectivity index (χ3v) is 19.8. The van der Waals surface area contributed by atoms with Gasteiger partial charge in [0, 0.05) is 83.3 Å². The Morgan fingerprint density at radius 1 is 0.182 bits per heavy atom. The quantitative estimate of drug-likeness (QED) is 0.0706. The van der Waals surface area contributed by atoms with E-state index in [-0.39, 0.29) is 0 Å². The van der Waals surface area contributed by atoms with Crippen molar-refractivity contribution in [1.82, 2.24) is 0 Å². The van der Waals surface area contributed by atoms with Crippen molar-refractivity contribution >= 4 is 89.8 Å². The van der Waals surface area contributed by atoms with Gasteiger partial charge in [0.2, 0.25) is 0 Å². The van der Waals surface area contributed by atoms with E-state index in [1.54, 1.807) is 0 Å². The van der Waals surface area contributed by atoms with Crippen LogP contribution in [0, 0.1) is 0 Å². The van der Waals surface area contributed by atoms with Gasteiger partial charge in [-0.2, -0.15) is 0 Å². The highest BCUT2D eigenvalue weighted by Crippen LogP contribution is 2.59. The van der Waals surface area contributed by atoms with Crippen molar-refractivity contribution in [2.75, 3.05) is 19.6 Å². The molecule has 0 spiro atoms. The SMILES string of the molecule is CC1(C)c2cc(N(c3ccccc3)c3ccccc3-c3ccccc3)ccc2-c2cc3c(N(c4ccccc4)c4ccccc4-c4ccccc4)c4cc(N(c5ccccc5)c5ccccc5-c5ccccc5)ccc4c(N(c4ccccc4)c4ccccc4-c4ccccc4)c3cc21. The molecule has 0 radical (unpaired) electrons. The molecule has 0 atom stereocenters. The predicted octanol–water partition coefficient (Wildman–Crippen LogP) is 26.8. The van der Waals surface area contributed by atoms with E-state index >= 15 is 0 Å². The van der Waals surface area contributed by atoms with Crippen LogP contribution in [-0.2, 0) is 5.41 Å². The second-order valence-corrected chi connectivity index (χ2v) is 25.9. The van der Waals surface area contributed by atoms with Gasteiger partial charge in [0.25, 0.3) is 0 Å². The topological polar surface area (TPSA) is 13.0 Å². The molecule has 4 heteroatoms. The molecule has 0 N–H and O–H groups in total. The number of hydrogen-bond acceptors (Lipinski definition) is 4. The maximum Gasteiger partial charge on any atom is 0.0621 e. The van der Waals surface area contributed by atoms with Gasteiger partial charge >= 0.3 is 0 Å². The Labute approximate surface area is 580 Å². The molecule has 0 heterocycles. The number of benzene rings is 16. The summed E-state index contributed by atoms with van der Waals surface area (Å²) in [6, 6.07) is 142. The maximum atomic E-state index is 2.58. The van der Waals surface area contributed by atoms with Gasteiger partial charge in [-0.05, 0) is 154 Å². The fourth-order valence-electron chi connectivity index (χ4n) is 15.2. The minimum Gasteiger partial charge on any atom is -0.310 e. The van der Waals surface area contributed by atoms with E-state index in [1.807, 2.05) is 0 Å². The summed E-state index contributed by atoms with van der Waals surface area (Å²) in [6.07, 6.45) is 0. The van der Waals surface area contributed by atoms with Crippen LogP contribution in [0.5, 0.6) is 0 Å². The number of hydrogen-bond donors (Lipinski definition) is 0. The third-order valence-electron chi connectivity index (χ3n) is 19.8. The van der Waals surface area contributed by atoms with Gasteiger partial charge < -0.3 is 19.6 Å².